The van der Waals surface area contributed by atoms with E-state index >= 15 is 0 Å². The molecule has 0 radical (unpaired) electrons. The number of carbonyl (C=O) groups excluding carboxylic acids is 1. The van der Waals surface area contributed by atoms with Crippen molar-refractivity contribution in [1.82, 2.24) is 9.80 Å². The molecule has 5 heteroatoms. The molecular formula is C13H20N2O3. The molecule has 3 atom stereocenters. The topological polar surface area (TPSA) is 60.9 Å². The molecule has 0 aromatic rings. The Labute approximate surface area is 107 Å². The monoisotopic (exact) mass is 252 g/mol. The molecule has 3 aliphatic rings. The van der Waals surface area contributed by atoms with Gasteiger partial charge >= 0.3 is 12.0 Å². The number of amides is 2. The molecule has 0 aromatic heterocycles. The number of aliphatic carboxylic acids is 1. The van der Waals surface area contributed by atoms with Gasteiger partial charge in [0.05, 0.1) is 6.42 Å². The van der Waals surface area contributed by atoms with Crippen LogP contribution >= 0.6 is 0 Å². The minimum atomic E-state index is -0.803. The molecule has 18 heavy (non-hydrogen) atoms. The van der Waals surface area contributed by atoms with Gasteiger partial charge in [-0.15, -0.1) is 0 Å². The first-order valence-electron chi connectivity index (χ1n) is 6.94. The van der Waals surface area contributed by atoms with Crippen LogP contribution in [0.25, 0.3) is 0 Å². The zero-order valence-electron chi connectivity index (χ0n) is 10.5. The van der Waals surface area contributed by atoms with Gasteiger partial charge in [0, 0.05) is 25.2 Å². The molecule has 3 fully saturated rings. The molecule has 5 nitrogen and oxygen atoms in total. The highest BCUT2D eigenvalue weighted by atomic mass is 16.4. The highest BCUT2D eigenvalue weighted by Crippen LogP contribution is 2.38. The van der Waals surface area contributed by atoms with Gasteiger partial charge in [-0.05, 0) is 38.0 Å². The number of piperidine rings is 1. The summed E-state index contributed by atoms with van der Waals surface area (Å²) in [4.78, 5) is 27.1. The quantitative estimate of drug-likeness (QED) is 0.810. The first-order chi connectivity index (χ1) is 8.65. The summed E-state index contributed by atoms with van der Waals surface area (Å²) in [6.45, 7) is 1.62. The Bertz CT molecular complexity index is 371. The van der Waals surface area contributed by atoms with E-state index in [1.165, 1.54) is 6.42 Å². The second-order valence-corrected chi connectivity index (χ2v) is 5.86. The molecule has 1 N–H and O–H groups in total. The lowest BCUT2D eigenvalue weighted by Gasteiger charge is -2.33. The lowest BCUT2D eigenvalue weighted by molar-refractivity contribution is -0.138. The Morgan fingerprint density at radius 1 is 1.17 bits per heavy atom. The van der Waals surface area contributed by atoms with Gasteiger partial charge in [-0.1, -0.05) is 0 Å². The molecule has 2 aliphatic heterocycles. The zero-order chi connectivity index (χ0) is 12.7. The van der Waals surface area contributed by atoms with E-state index in [2.05, 4.69) is 0 Å². The Balaban J connectivity index is 1.66. The van der Waals surface area contributed by atoms with E-state index in [1.807, 2.05) is 4.90 Å². The number of urea groups is 1. The summed E-state index contributed by atoms with van der Waals surface area (Å²) in [5, 5.41) is 8.89. The third-order valence-electron chi connectivity index (χ3n) is 4.69. The second-order valence-electron chi connectivity index (χ2n) is 5.86. The largest absolute Gasteiger partial charge is 0.481 e. The van der Waals surface area contributed by atoms with Crippen LogP contribution in [0.2, 0.25) is 0 Å². The number of fused-ring (bicyclic) bond motifs is 2. The predicted octanol–water partition coefficient (Wildman–Crippen LogP) is 1.53. The van der Waals surface area contributed by atoms with E-state index in [9.17, 15) is 9.59 Å². The Hall–Kier alpha value is -1.26. The average molecular weight is 252 g/mol. The van der Waals surface area contributed by atoms with Crippen LogP contribution in [-0.4, -0.2) is 52.1 Å². The van der Waals surface area contributed by atoms with Gasteiger partial charge in [0.1, 0.15) is 0 Å². The fraction of sp³-hybridized carbons (Fsp3) is 0.846. The molecule has 2 amide bonds. The molecule has 2 bridgehead atoms. The molecule has 2 heterocycles. The van der Waals surface area contributed by atoms with Crippen LogP contribution < -0.4 is 0 Å². The standard InChI is InChI=1S/C13H20N2O3/c16-12(17)7-10-2-1-5-14(10)13(18)15-8-9-3-4-11(15)6-9/h9-11H,1-8H2,(H,16,17). The van der Waals surface area contributed by atoms with Crippen molar-refractivity contribution in [2.24, 2.45) is 5.92 Å². The van der Waals surface area contributed by atoms with Crippen LogP contribution in [0.1, 0.15) is 38.5 Å². The summed E-state index contributed by atoms with van der Waals surface area (Å²) in [5.41, 5.74) is 0. The lowest BCUT2D eigenvalue weighted by Crippen LogP contribution is -2.48. The van der Waals surface area contributed by atoms with Gasteiger partial charge in [-0.2, -0.15) is 0 Å². The zero-order valence-corrected chi connectivity index (χ0v) is 10.5. The van der Waals surface area contributed by atoms with Crippen LogP contribution in [0.15, 0.2) is 0 Å². The SMILES string of the molecule is O=C(O)CC1CCCN1C(=O)N1CC2CCC1C2. The summed E-state index contributed by atoms with van der Waals surface area (Å²) >= 11 is 0. The van der Waals surface area contributed by atoms with E-state index in [4.69, 9.17) is 5.11 Å². The van der Waals surface area contributed by atoms with Crippen molar-refractivity contribution >= 4 is 12.0 Å². The number of rotatable bonds is 2. The maximum Gasteiger partial charge on any atom is 0.320 e. The van der Waals surface area contributed by atoms with Crippen LogP contribution in [-0.2, 0) is 4.79 Å². The third kappa shape index (κ3) is 1.95. The molecule has 0 aromatic carbocycles. The lowest BCUT2D eigenvalue weighted by atomic mass is 10.1. The summed E-state index contributed by atoms with van der Waals surface area (Å²) in [7, 11) is 0. The second kappa shape index (κ2) is 4.44. The minimum Gasteiger partial charge on any atom is -0.481 e. The van der Waals surface area contributed by atoms with Crippen molar-refractivity contribution in [1.29, 1.82) is 0 Å². The van der Waals surface area contributed by atoms with Gasteiger partial charge in [-0.3, -0.25) is 4.79 Å². The first-order valence-corrected chi connectivity index (χ1v) is 6.94. The van der Waals surface area contributed by atoms with Crippen molar-refractivity contribution in [3.63, 3.8) is 0 Å². The molecular weight excluding hydrogens is 232 g/mol. The van der Waals surface area contributed by atoms with Crippen LogP contribution in [0.3, 0.4) is 0 Å². The number of carboxylic acids is 1. The van der Waals surface area contributed by atoms with Crippen molar-refractivity contribution in [2.45, 2.75) is 50.6 Å². The van der Waals surface area contributed by atoms with Gasteiger partial charge in [0.15, 0.2) is 0 Å². The summed E-state index contributed by atoms with van der Waals surface area (Å²) in [5.74, 6) is -0.109. The number of likely N-dealkylation sites (tertiary alicyclic amines) is 2. The summed E-state index contributed by atoms with van der Waals surface area (Å²) in [6, 6.07) is 0.425. The van der Waals surface area contributed by atoms with Gasteiger partial charge in [0.2, 0.25) is 0 Å². The molecule has 100 valence electrons. The Morgan fingerprint density at radius 2 is 2.00 bits per heavy atom. The molecule has 0 spiro atoms. The van der Waals surface area contributed by atoms with Crippen LogP contribution in [0.5, 0.6) is 0 Å². The molecule has 1 saturated carbocycles. The number of hydrogen-bond acceptors (Lipinski definition) is 2. The fourth-order valence-electron chi connectivity index (χ4n) is 3.83. The molecule has 1 aliphatic carbocycles. The maximum atomic E-state index is 12.5. The fourth-order valence-corrected chi connectivity index (χ4v) is 3.83. The van der Waals surface area contributed by atoms with E-state index in [-0.39, 0.29) is 18.5 Å². The van der Waals surface area contributed by atoms with Crippen molar-refractivity contribution < 1.29 is 14.7 Å². The Kier molecular flexibility index (Phi) is 2.92. The Morgan fingerprint density at radius 3 is 2.61 bits per heavy atom. The van der Waals surface area contributed by atoms with Crippen molar-refractivity contribution in [2.75, 3.05) is 13.1 Å². The number of hydrogen-bond donors (Lipinski definition) is 1. The molecule has 2 saturated heterocycles. The number of carboxylic acid groups (broad SMARTS) is 1. The van der Waals surface area contributed by atoms with Crippen LogP contribution in [0, 0.1) is 5.92 Å². The normalized spacial score (nSPS) is 34.3. The molecule has 3 unspecified atom stereocenters. The predicted molar refractivity (Wildman–Crippen MR) is 65.2 cm³/mol. The average Bonchev–Trinajstić information content (AvgIpc) is 3.01. The van der Waals surface area contributed by atoms with E-state index in [0.29, 0.717) is 12.0 Å². The highest BCUT2D eigenvalue weighted by Gasteiger charge is 2.43. The minimum absolute atomic E-state index is 0.0888. The van der Waals surface area contributed by atoms with Crippen LogP contribution in [0.4, 0.5) is 4.79 Å². The van der Waals surface area contributed by atoms with E-state index in [1.54, 1.807) is 4.90 Å². The highest BCUT2D eigenvalue weighted by molar-refractivity contribution is 5.77. The maximum absolute atomic E-state index is 12.5. The smallest absolute Gasteiger partial charge is 0.320 e. The van der Waals surface area contributed by atoms with Gasteiger partial charge < -0.3 is 14.9 Å². The third-order valence-corrected chi connectivity index (χ3v) is 4.69. The number of carbonyl (C=O) groups is 2. The number of nitrogens with zero attached hydrogens (tertiary/aromatic N) is 2. The van der Waals surface area contributed by atoms with Gasteiger partial charge in [0.25, 0.3) is 0 Å². The van der Waals surface area contributed by atoms with E-state index in [0.717, 1.165) is 38.8 Å². The van der Waals surface area contributed by atoms with Gasteiger partial charge in [-0.25, -0.2) is 4.79 Å². The summed E-state index contributed by atoms with van der Waals surface area (Å²) in [6.07, 6.45) is 5.41. The van der Waals surface area contributed by atoms with Crippen molar-refractivity contribution in [3.8, 4) is 0 Å². The molecule has 3 rings (SSSR count). The summed E-state index contributed by atoms with van der Waals surface area (Å²) < 4.78 is 0. The van der Waals surface area contributed by atoms with E-state index < -0.39 is 5.97 Å². The van der Waals surface area contributed by atoms with Crippen molar-refractivity contribution in [3.05, 3.63) is 0 Å². The first kappa shape index (κ1) is 11.8.